The van der Waals surface area contributed by atoms with Gasteiger partial charge in [0.2, 0.25) is 0 Å². The van der Waals surface area contributed by atoms with Crippen molar-refractivity contribution in [2.24, 2.45) is 0 Å². The number of hydrogen-bond acceptors (Lipinski definition) is 6. The lowest BCUT2D eigenvalue weighted by Crippen LogP contribution is -2.41. The van der Waals surface area contributed by atoms with Crippen LogP contribution < -0.4 is 10.9 Å². The summed E-state index contributed by atoms with van der Waals surface area (Å²) in [5.74, 6) is -1.50. The van der Waals surface area contributed by atoms with Crippen LogP contribution in [0.2, 0.25) is 0 Å². The molecular formula is C29H26N2O6. The highest BCUT2D eigenvalue weighted by Crippen LogP contribution is 2.14. The molecule has 1 atom stereocenters. The van der Waals surface area contributed by atoms with Gasteiger partial charge in [0.15, 0.2) is 0 Å². The number of rotatable bonds is 9. The summed E-state index contributed by atoms with van der Waals surface area (Å²) in [7, 11) is 0. The van der Waals surface area contributed by atoms with Crippen molar-refractivity contribution in [3.63, 3.8) is 0 Å². The molecule has 4 rings (SSSR count). The van der Waals surface area contributed by atoms with E-state index in [0.29, 0.717) is 16.6 Å². The van der Waals surface area contributed by atoms with Gasteiger partial charge in [0.1, 0.15) is 6.61 Å². The first-order valence-electron chi connectivity index (χ1n) is 11.9. The summed E-state index contributed by atoms with van der Waals surface area (Å²) in [6.07, 6.45) is 1.58. The van der Waals surface area contributed by atoms with E-state index >= 15 is 0 Å². The third-order valence-corrected chi connectivity index (χ3v) is 5.71. The Hall–Kier alpha value is -4.72. The largest absolute Gasteiger partial charge is 0.462 e. The second-order valence-corrected chi connectivity index (χ2v) is 8.27. The van der Waals surface area contributed by atoms with Crippen molar-refractivity contribution in [2.45, 2.75) is 19.4 Å². The van der Waals surface area contributed by atoms with E-state index < -0.39 is 18.0 Å². The number of amides is 1. The number of carbonyl (C=O) groups is 3. The maximum absolute atomic E-state index is 13.3. The number of pyridine rings is 2. The van der Waals surface area contributed by atoms with Gasteiger partial charge in [-0.15, -0.1) is 0 Å². The van der Waals surface area contributed by atoms with Crippen molar-refractivity contribution in [2.75, 3.05) is 13.2 Å². The van der Waals surface area contributed by atoms with Crippen molar-refractivity contribution in [1.29, 1.82) is 0 Å². The molecule has 2 heterocycles. The van der Waals surface area contributed by atoms with Gasteiger partial charge >= 0.3 is 11.9 Å². The molecule has 0 aliphatic rings. The van der Waals surface area contributed by atoms with E-state index in [1.54, 1.807) is 92.0 Å². The Kier molecular flexibility index (Phi) is 8.10. The third-order valence-electron chi connectivity index (χ3n) is 5.71. The van der Waals surface area contributed by atoms with Crippen molar-refractivity contribution in [3.8, 4) is 0 Å². The highest BCUT2D eigenvalue weighted by atomic mass is 16.5. The molecule has 0 unspecified atom stereocenters. The molecule has 0 aliphatic carbocycles. The Morgan fingerprint density at radius 3 is 2.16 bits per heavy atom. The molecule has 0 fully saturated rings. The number of aromatic nitrogens is 1. The number of ether oxygens (including phenoxy) is 2. The van der Waals surface area contributed by atoms with Crippen LogP contribution in [-0.2, 0) is 15.9 Å². The summed E-state index contributed by atoms with van der Waals surface area (Å²) in [6, 6.07) is 22.9. The SMILES string of the molecule is CCOC(=O)c1cc(C[C@@H](COC(=O)c2ccccc2)NC(=O)c2ccccc2)c(=O)n2ccccc12. The van der Waals surface area contributed by atoms with E-state index in [1.807, 2.05) is 0 Å². The molecule has 2 aromatic heterocycles. The number of fused-ring (bicyclic) bond motifs is 1. The van der Waals surface area contributed by atoms with Crippen LogP contribution in [0.1, 0.15) is 43.6 Å². The second-order valence-electron chi connectivity index (χ2n) is 8.27. The van der Waals surface area contributed by atoms with Gasteiger partial charge in [-0.2, -0.15) is 0 Å². The quantitative estimate of drug-likeness (QED) is 0.353. The normalized spacial score (nSPS) is 11.5. The average Bonchev–Trinajstić information content (AvgIpc) is 2.94. The van der Waals surface area contributed by atoms with Gasteiger partial charge in [0.05, 0.1) is 29.3 Å². The van der Waals surface area contributed by atoms with Crippen molar-refractivity contribution in [3.05, 3.63) is 124 Å². The summed E-state index contributed by atoms with van der Waals surface area (Å²) in [5.41, 5.74) is 1.34. The Balaban J connectivity index is 1.65. The molecule has 0 aliphatic heterocycles. The number of carbonyl (C=O) groups excluding carboxylic acids is 3. The lowest BCUT2D eigenvalue weighted by Gasteiger charge is -2.20. The maximum atomic E-state index is 13.3. The first kappa shape index (κ1) is 25.4. The zero-order valence-corrected chi connectivity index (χ0v) is 20.3. The molecule has 188 valence electrons. The molecule has 8 heteroatoms. The molecular weight excluding hydrogens is 472 g/mol. The standard InChI is InChI=1S/C29H26N2O6/c1-2-36-29(35)24-18-22(27(33)31-16-10-9-15-25(24)31)17-23(30-26(32)20-11-5-3-6-12-20)19-37-28(34)21-13-7-4-8-14-21/h3-16,18,23H,2,17,19H2,1H3,(H,30,32)/t23-/m0/s1. The number of benzene rings is 2. The monoisotopic (exact) mass is 498 g/mol. The Morgan fingerprint density at radius 1 is 0.838 bits per heavy atom. The molecule has 0 bridgehead atoms. The molecule has 0 saturated carbocycles. The van der Waals surface area contributed by atoms with Crippen LogP contribution >= 0.6 is 0 Å². The summed E-state index contributed by atoms with van der Waals surface area (Å²) in [5, 5.41) is 2.86. The molecule has 0 spiro atoms. The number of esters is 2. The zero-order chi connectivity index (χ0) is 26.2. The molecule has 37 heavy (non-hydrogen) atoms. The van der Waals surface area contributed by atoms with E-state index in [1.165, 1.54) is 10.5 Å². The van der Waals surface area contributed by atoms with Gasteiger partial charge in [0.25, 0.3) is 11.5 Å². The summed E-state index contributed by atoms with van der Waals surface area (Å²) < 4.78 is 12.1. The second kappa shape index (κ2) is 11.8. The Bertz CT molecular complexity index is 1460. The minimum atomic E-state index is -0.745. The number of nitrogens with zero attached hydrogens (tertiary/aromatic N) is 1. The summed E-state index contributed by atoms with van der Waals surface area (Å²) >= 11 is 0. The van der Waals surface area contributed by atoms with Crippen molar-refractivity contribution >= 4 is 23.4 Å². The first-order chi connectivity index (χ1) is 18.0. The molecule has 1 amide bonds. The predicted octanol–water partition coefficient (Wildman–Crippen LogP) is 3.67. The number of nitrogens with one attached hydrogen (secondary N) is 1. The fourth-order valence-electron chi connectivity index (χ4n) is 3.93. The molecule has 1 N–H and O–H groups in total. The van der Waals surface area contributed by atoms with Gasteiger partial charge in [-0.3, -0.25) is 14.0 Å². The van der Waals surface area contributed by atoms with Crippen LogP contribution in [0.4, 0.5) is 0 Å². The summed E-state index contributed by atoms with van der Waals surface area (Å²) in [4.78, 5) is 51.4. The van der Waals surface area contributed by atoms with Gasteiger partial charge < -0.3 is 14.8 Å². The Labute approximate surface area is 213 Å². The van der Waals surface area contributed by atoms with E-state index in [4.69, 9.17) is 9.47 Å². The van der Waals surface area contributed by atoms with E-state index in [0.717, 1.165) is 0 Å². The minimum absolute atomic E-state index is 0.0176. The smallest absolute Gasteiger partial charge is 0.340 e. The van der Waals surface area contributed by atoms with Crippen LogP contribution in [0, 0.1) is 0 Å². The van der Waals surface area contributed by atoms with Crippen LogP contribution in [0.25, 0.3) is 5.52 Å². The van der Waals surface area contributed by atoms with Crippen molar-refractivity contribution < 1.29 is 23.9 Å². The van der Waals surface area contributed by atoms with Gasteiger partial charge in [-0.05, 0) is 49.4 Å². The van der Waals surface area contributed by atoms with Gasteiger partial charge in [-0.1, -0.05) is 42.5 Å². The van der Waals surface area contributed by atoms with Crippen molar-refractivity contribution in [1.82, 2.24) is 9.72 Å². The number of hydrogen-bond donors (Lipinski definition) is 1. The Morgan fingerprint density at radius 2 is 1.49 bits per heavy atom. The van der Waals surface area contributed by atoms with E-state index in [2.05, 4.69) is 5.32 Å². The van der Waals surface area contributed by atoms with E-state index in [9.17, 15) is 19.2 Å². The van der Waals surface area contributed by atoms with E-state index in [-0.39, 0.29) is 42.2 Å². The fourth-order valence-corrected chi connectivity index (χ4v) is 3.93. The fraction of sp³-hybridized carbons (Fsp3) is 0.172. The molecule has 2 aromatic carbocycles. The molecule has 8 nitrogen and oxygen atoms in total. The predicted molar refractivity (Wildman–Crippen MR) is 138 cm³/mol. The highest BCUT2D eigenvalue weighted by Gasteiger charge is 2.22. The van der Waals surface area contributed by atoms with Gasteiger partial charge in [-0.25, -0.2) is 9.59 Å². The van der Waals surface area contributed by atoms with Crippen LogP contribution in [0.15, 0.2) is 95.9 Å². The third kappa shape index (κ3) is 6.10. The molecule has 4 aromatic rings. The lowest BCUT2D eigenvalue weighted by molar-refractivity contribution is 0.0456. The van der Waals surface area contributed by atoms with Crippen LogP contribution in [-0.4, -0.2) is 41.5 Å². The highest BCUT2D eigenvalue weighted by molar-refractivity contribution is 5.97. The summed E-state index contributed by atoms with van der Waals surface area (Å²) in [6.45, 7) is 1.70. The zero-order valence-electron chi connectivity index (χ0n) is 20.3. The molecule has 0 radical (unpaired) electrons. The van der Waals surface area contributed by atoms with Gasteiger partial charge in [0, 0.05) is 23.7 Å². The van der Waals surface area contributed by atoms with Crippen LogP contribution in [0.3, 0.4) is 0 Å². The van der Waals surface area contributed by atoms with Crippen LogP contribution in [0.5, 0.6) is 0 Å². The lowest BCUT2D eigenvalue weighted by atomic mass is 10.0. The molecule has 0 saturated heterocycles. The first-order valence-corrected chi connectivity index (χ1v) is 11.9. The topological polar surface area (TPSA) is 103 Å². The average molecular weight is 499 g/mol. The maximum Gasteiger partial charge on any atom is 0.340 e. The minimum Gasteiger partial charge on any atom is -0.462 e.